The van der Waals surface area contributed by atoms with E-state index in [1.165, 1.54) is 22.0 Å². The van der Waals surface area contributed by atoms with Crippen LogP contribution in [0.1, 0.15) is 81.8 Å². The number of aryl methyl sites for hydroxylation is 1. The Morgan fingerprint density at radius 3 is 2.49 bits per heavy atom. The molecular weight excluding hydrogens is 442 g/mol. The summed E-state index contributed by atoms with van der Waals surface area (Å²) >= 11 is 0. The summed E-state index contributed by atoms with van der Waals surface area (Å²) in [5.74, 6) is 1.68. The van der Waals surface area contributed by atoms with Crippen LogP contribution in [0, 0.1) is 18.3 Å². The molecule has 3 aromatic rings. The predicted octanol–water partition coefficient (Wildman–Crippen LogP) is 4.86. The molecule has 8 nitrogen and oxygen atoms in total. The molecule has 0 aliphatic heterocycles. The van der Waals surface area contributed by atoms with Gasteiger partial charge in [-0.1, -0.05) is 34.6 Å². The monoisotopic (exact) mass is 479 g/mol. The Morgan fingerprint density at radius 2 is 1.86 bits per heavy atom. The second-order valence-corrected chi connectivity index (χ2v) is 10.6. The molecule has 1 aromatic carbocycles. The van der Waals surface area contributed by atoms with Gasteiger partial charge in [0.1, 0.15) is 12.3 Å². The quantitative estimate of drug-likeness (QED) is 0.419. The third-order valence-electron chi connectivity index (χ3n) is 6.52. The summed E-state index contributed by atoms with van der Waals surface area (Å²) in [5, 5.41) is 17.6. The highest BCUT2D eigenvalue weighted by molar-refractivity contribution is 5.96. The molecule has 4 rings (SSSR count). The first kappa shape index (κ1) is 24.9. The predicted molar refractivity (Wildman–Crippen MR) is 134 cm³/mol. The van der Waals surface area contributed by atoms with Crippen LogP contribution in [-0.4, -0.2) is 37.9 Å². The minimum atomic E-state index is -0.128. The molecule has 0 atom stereocenters. The summed E-state index contributed by atoms with van der Waals surface area (Å²) in [7, 11) is 0. The Labute approximate surface area is 206 Å². The molecule has 1 fully saturated rings. The van der Waals surface area contributed by atoms with Crippen LogP contribution in [0.25, 0.3) is 5.65 Å². The second kappa shape index (κ2) is 9.84. The molecule has 0 spiro atoms. The molecule has 8 heteroatoms. The SMILES string of the molecule is CCC(CC)Oc1cc(C)c2nn(CC(=O)c3cc(OCC4CC4)cc(C(C)(C)C)c3)c(=N)n2n1. The first-order valence-corrected chi connectivity index (χ1v) is 12.6. The maximum Gasteiger partial charge on any atom is 0.242 e. The number of ketones is 1. The highest BCUT2D eigenvalue weighted by atomic mass is 16.5. The third-order valence-corrected chi connectivity index (χ3v) is 6.52. The van der Waals surface area contributed by atoms with E-state index in [1.807, 2.05) is 31.2 Å². The number of nitrogens with zero attached hydrogens (tertiary/aromatic N) is 4. The normalized spacial score (nSPS) is 14.0. The molecule has 1 N–H and O–H groups in total. The van der Waals surface area contributed by atoms with Gasteiger partial charge in [-0.05, 0) is 67.7 Å². The van der Waals surface area contributed by atoms with Crippen LogP contribution in [0.2, 0.25) is 0 Å². The fourth-order valence-electron chi connectivity index (χ4n) is 3.93. The lowest BCUT2D eigenvalue weighted by Crippen LogP contribution is -2.27. The van der Waals surface area contributed by atoms with Gasteiger partial charge in [0.15, 0.2) is 11.4 Å². The van der Waals surface area contributed by atoms with Gasteiger partial charge in [-0.25, -0.2) is 4.68 Å². The van der Waals surface area contributed by atoms with Crippen LogP contribution < -0.4 is 15.1 Å². The number of aromatic nitrogens is 4. The fourth-order valence-corrected chi connectivity index (χ4v) is 3.93. The van der Waals surface area contributed by atoms with Crippen molar-refractivity contribution >= 4 is 11.4 Å². The molecule has 2 heterocycles. The molecule has 1 saturated carbocycles. The maximum absolute atomic E-state index is 13.3. The number of carbonyl (C=O) groups excluding carboxylic acids is 1. The molecule has 0 unspecified atom stereocenters. The van der Waals surface area contributed by atoms with Crippen LogP contribution >= 0.6 is 0 Å². The van der Waals surface area contributed by atoms with Gasteiger partial charge >= 0.3 is 0 Å². The number of rotatable bonds is 10. The van der Waals surface area contributed by atoms with E-state index in [2.05, 4.69) is 44.8 Å². The van der Waals surface area contributed by atoms with Gasteiger partial charge in [0, 0.05) is 17.2 Å². The summed E-state index contributed by atoms with van der Waals surface area (Å²) < 4.78 is 14.8. The minimum absolute atomic E-state index is 0.0311. The molecule has 0 bridgehead atoms. The summed E-state index contributed by atoms with van der Waals surface area (Å²) in [6.07, 6.45) is 4.23. The van der Waals surface area contributed by atoms with Crippen molar-refractivity contribution in [2.75, 3.05) is 6.61 Å². The number of benzene rings is 1. The van der Waals surface area contributed by atoms with E-state index in [0.29, 0.717) is 29.6 Å². The van der Waals surface area contributed by atoms with Gasteiger partial charge in [0.05, 0.1) is 12.7 Å². The fraction of sp³-hybridized carbons (Fsp3) is 0.556. The second-order valence-electron chi connectivity index (χ2n) is 10.6. The maximum atomic E-state index is 13.3. The number of nitrogens with one attached hydrogen (secondary N) is 1. The van der Waals surface area contributed by atoms with Crippen molar-refractivity contribution < 1.29 is 14.3 Å². The zero-order chi connectivity index (χ0) is 25.3. The zero-order valence-corrected chi connectivity index (χ0v) is 21.7. The molecule has 35 heavy (non-hydrogen) atoms. The Kier molecular flexibility index (Phi) is 7.01. The lowest BCUT2D eigenvalue weighted by atomic mass is 9.85. The Hall–Kier alpha value is -3.16. The van der Waals surface area contributed by atoms with E-state index in [1.54, 1.807) is 0 Å². The van der Waals surface area contributed by atoms with Crippen LogP contribution in [-0.2, 0) is 12.0 Å². The van der Waals surface area contributed by atoms with Crippen molar-refractivity contribution in [3.05, 3.63) is 46.6 Å². The van der Waals surface area contributed by atoms with Crippen molar-refractivity contribution in [2.24, 2.45) is 5.92 Å². The standard InChI is InChI=1S/C27H37N5O3/c1-7-21(8-2)35-24-11-17(3)25-30-31(26(28)32(25)29-24)15-23(33)19-12-20(27(4,5)6)14-22(13-19)34-16-18-9-10-18/h11-14,18,21,28H,7-10,15-16H2,1-6H3. The van der Waals surface area contributed by atoms with E-state index < -0.39 is 0 Å². The lowest BCUT2D eigenvalue weighted by molar-refractivity contribution is 0.0965. The first-order valence-electron chi connectivity index (χ1n) is 12.6. The van der Waals surface area contributed by atoms with Gasteiger partial charge in [0.25, 0.3) is 0 Å². The Balaban J connectivity index is 1.62. The average molecular weight is 480 g/mol. The number of hydrogen-bond donors (Lipinski definition) is 1. The van der Waals surface area contributed by atoms with Crippen LogP contribution in [0.3, 0.4) is 0 Å². The summed E-state index contributed by atoms with van der Waals surface area (Å²) in [4.78, 5) is 13.3. The highest BCUT2D eigenvalue weighted by Crippen LogP contribution is 2.32. The Morgan fingerprint density at radius 1 is 1.14 bits per heavy atom. The van der Waals surface area contributed by atoms with Crippen molar-refractivity contribution in [1.82, 2.24) is 19.4 Å². The zero-order valence-electron chi connectivity index (χ0n) is 21.7. The molecule has 0 saturated heterocycles. The van der Waals surface area contributed by atoms with E-state index >= 15 is 0 Å². The summed E-state index contributed by atoms with van der Waals surface area (Å²) in [5.41, 5.74) is 2.89. The molecule has 0 amide bonds. The molecule has 1 aliphatic rings. The van der Waals surface area contributed by atoms with Gasteiger partial charge in [-0.15, -0.1) is 10.2 Å². The van der Waals surface area contributed by atoms with Gasteiger partial charge in [-0.2, -0.15) is 4.52 Å². The van der Waals surface area contributed by atoms with Crippen molar-refractivity contribution in [3.63, 3.8) is 0 Å². The van der Waals surface area contributed by atoms with Gasteiger partial charge in [0.2, 0.25) is 11.5 Å². The minimum Gasteiger partial charge on any atom is -0.493 e. The van der Waals surface area contributed by atoms with Crippen molar-refractivity contribution in [3.8, 4) is 11.6 Å². The highest BCUT2D eigenvalue weighted by Gasteiger charge is 2.24. The average Bonchev–Trinajstić information content (AvgIpc) is 3.60. The molecule has 188 valence electrons. The van der Waals surface area contributed by atoms with Crippen LogP contribution in [0.5, 0.6) is 11.6 Å². The molecular formula is C27H37N5O3. The number of carbonyl (C=O) groups is 1. The van der Waals surface area contributed by atoms with Gasteiger partial charge in [-0.3, -0.25) is 10.2 Å². The first-order chi connectivity index (χ1) is 16.6. The number of fused-ring (bicyclic) bond motifs is 1. The van der Waals surface area contributed by atoms with E-state index in [4.69, 9.17) is 14.9 Å². The van der Waals surface area contributed by atoms with Crippen LogP contribution in [0.4, 0.5) is 0 Å². The third kappa shape index (κ3) is 5.74. The lowest BCUT2D eigenvalue weighted by Gasteiger charge is -2.21. The molecule has 0 radical (unpaired) electrons. The smallest absolute Gasteiger partial charge is 0.242 e. The van der Waals surface area contributed by atoms with E-state index in [0.717, 1.165) is 29.7 Å². The summed E-state index contributed by atoms with van der Waals surface area (Å²) in [6.45, 7) is 13.0. The Bertz CT molecular complexity index is 1280. The molecule has 2 aromatic heterocycles. The van der Waals surface area contributed by atoms with E-state index in [9.17, 15) is 4.79 Å². The van der Waals surface area contributed by atoms with Crippen molar-refractivity contribution in [1.29, 1.82) is 5.41 Å². The van der Waals surface area contributed by atoms with Crippen LogP contribution in [0.15, 0.2) is 24.3 Å². The van der Waals surface area contributed by atoms with E-state index in [-0.39, 0.29) is 29.5 Å². The summed E-state index contributed by atoms with van der Waals surface area (Å²) in [6, 6.07) is 7.60. The van der Waals surface area contributed by atoms with Gasteiger partial charge < -0.3 is 9.47 Å². The van der Waals surface area contributed by atoms with Crippen molar-refractivity contribution in [2.45, 2.75) is 85.3 Å². The molecule has 1 aliphatic carbocycles. The number of ether oxygens (including phenoxy) is 2. The largest absolute Gasteiger partial charge is 0.493 e. The topological polar surface area (TPSA) is 94.5 Å². The number of Topliss-reactive ketones (excluding diaryl/α,β-unsaturated/α-hetero) is 1. The number of hydrogen-bond acceptors (Lipinski definition) is 6.